The van der Waals surface area contributed by atoms with Crippen molar-refractivity contribution in [3.8, 4) is 5.75 Å². The largest absolute Gasteiger partial charge is 0.497 e. The molecule has 1 aromatic carbocycles. The highest BCUT2D eigenvalue weighted by atomic mass is 32.2. The average Bonchev–Trinajstić information content (AvgIpc) is 3.11. The number of rotatable bonds is 6. The number of urea groups is 1. The van der Waals surface area contributed by atoms with Crippen LogP contribution < -0.4 is 10.1 Å². The van der Waals surface area contributed by atoms with Crippen LogP contribution in [0.25, 0.3) is 0 Å². The van der Waals surface area contributed by atoms with Crippen LogP contribution in [0.5, 0.6) is 5.75 Å². The van der Waals surface area contributed by atoms with Gasteiger partial charge < -0.3 is 10.1 Å². The Labute approximate surface area is 159 Å². The Kier molecular flexibility index (Phi) is 5.18. The van der Waals surface area contributed by atoms with Crippen LogP contribution in [0, 0.1) is 0 Å². The summed E-state index contributed by atoms with van der Waals surface area (Å²) in [6, 6.07) is 6.37. The van der Waals surface area contributed by atoms with Crippen molar-refractivity contribution in [1.82, 2.24) is 15.1 Å². The number of nitrogens with one attached hydrogen (secondary N) is 1. The molecule has 8 nitrogen and oxygen atoms in total. The summed E-state index contributed by atoms with van der Waals surface area (Å²) < 4.78 is 28.8. The summed E-state index contributed by atoms with van der Waals surface area (Å²) in [6.07, 6.45) is 0.521. The summed E-state index contributed by atoms with van der Waals surface area (Å²) in [5, 5.41) is 2.77. The van der Waals surface area contributed by atoms with Gasteiger partial charge in [-0.05, 0) is 37.6 Å². The molecule has 27 heavy (non-hydrogen) atoms. The van der Waals surface area contributed by atoms with Gasteiger partial charge >= 0.3 is 6.03 Å². The molecule has 0 saturated carbocycles. The van der Waals surface area contributed by atoms with Crippen molar-refractivity contribution in [3.05, 3.63) is 29.8 Å². The molecule has 2 fully saturated rings. The summed E-state index contributed by atoms with van der Waals surface area (Å²) in [5.74, 6) is 0.452. The van der Waals surface area contributed by atoms with Crippen LogP contribution in [0.4, 0.5) is 4.79 Å². The Hall–Kier alpha value is -2.13. The zero-order chi connectivity index (χ0) is 19.8. The highest BCUT2D eigenvalue weighted by molar-refractivity contribution is 7.91. The van der Waals surface area contributed by atoms with Crippen LogP contribution in [0.2, 0.25) is 0 Å². The van der Waals surface area contributed by atoms with Crippen molar-refractivity contribution in [3.63, 3.8) is 0 Å². The maximum Gasteiger partial charge on any atom is 0.326 e. The first-order chi connectivity index (χ1) is 12.7. The predicted octanol–water partition coefficient (Wildman–Crippen LogP) is 0.929. The van der Waals surface area contributed by atoms with E-state index in [-0.39, 0.29) is 30.1 Å². The van der Waals surface area contributed by atoms with Gasteiger partial charge in [0.1, 0.15) is 11.3 Å². The quantitative estimate of drug-likeness (QED) is 0.720. The normalized spacial score (nSPS) is 27.3. The van der Waals surface area contributed by atoms with Crippen molar-refractivity contribution in [2.75, 3.05) is 31.8 Å². The first kappa shape index (κ1) is 19.6. The molecule has 0 aliphatic carbocycles. The number of benzene rings is 1. The van der Waals surface area contributed by atoms with E-state index in [1.165, 1.54) is 7.11 Å². The minimum Gasteiger partial charge on any atom is -0.497 e. The van der Waals surface area contributed by atoms with Crippen LogP contribution in [0.3, 0.4) is 0 Å². The third kappa shape index (κ3) is 3.66. The molecular weight excluding hydrogens is 370 g/mol. The number of carbonyl (C=O) groups is 2. The first-order valence-corrected chi connectivity index (χ1v) is 10.8. The van der Waals surface area contributed by atoms with E-state index >= 15 is 0 Å². The molecule has 2 aliphatic rings. The lowest BCUT2D eigenvalue weighted by molar-refractivity contribution is -0.132. The van der Waals surface area contributed by atoms with Crippen LogP contribution in [0.1, 0.15) is 25.8 Å². The number of methoxy groups -OCH3 is 1. The second-order valence-corrected chi connectivity index (χ2v) is 9.35. The fourth-order valence-corrected chi connectivity index (χ4v) is 5.44. The van der Waals surface area contributed by atoms with Crippen molar-refractivity contribution >= 4 is 21.8 Å². The maximum absolute atomic E-state index is 13.1. The van der Waals surface area contributed by atoms with E-state index < -0.39 is 21.4 Å². The first-order valence-electron chi connectivity index (χ1n) is 8.93. The molecule has 3 amide bonds. The molecule has 2 heterocycles. The van der Waals surface area contributed by atoms with E-state index in [1.54, 1.807) is 31.2 Å². The Bertz CT molecular complexity index is 856. The van der Waals surface area contributed by atoms with E-state index in [0.717, 1.165) is 4.90 Å². The summed E-state index contributed by atoms with van der Waals surface area (Å²) in [5.41, 5.74) is -0.554. The van der Waals surface area contributed by atoms with Crippen molar-refractivity contribution < 1.29 is 22.7 Å². The van der Waals surface area contributed by atoms with Crippen LogP contribution in [-0.2, 0) is 20.2 Å². The second kappa shape index (κ2) is 7.12. The number of amides is 3. The Morgan fingerprint density at radius 1 is 1.37 bits per heavy atom. The molecule has 2 saturated heterocycles. The molecule has 9 heteroatoms. The second-order valence-electron chi connectivity index (χ2n) is 7.12. The summed E-state index contributed by atoms with van der Waals surface area (Å²) >= 11 is 0. The number of ether oxygens (including phenoxy) is 1. The number of hydrogen-bond acceptors (Lipinski definition) is 6. The van der Waals surface area contributed by atoms with Crippen LogP contribution >= 0.6 is 0 Å². The van der Waals surface area contributed by atoms with Gasteiger partial charge in [0.15, 0.2) is 9.84 Å². The van der Waals surface area contributed by atoms with E-state index in [2.05, 4.69) is 5.32 Å². The van der Waals surface area contributed by atoms with Gasteiger partial charge in [0, 0.05) is 6.04 Å². The monoisotopic (exact) mass is 395 g/mol. The van der Waals surface area contributed by atoms with Crippen LogP contribution in [-0.4, -0.2) is 68.0 Å². The Morgan fingerprint density at radius 3 is 2.70 bits per heavy atom. The lowest BCUT2D eigenvalue weighted by Crippen LogP contribution is -2.47. The molecule has 1 N–H and O–H groups in total. The number of imide groups is 1. The zero-order valence-electron chi connectivity index (χ0n) is 15.8. The predicted molar refractivity (Wildman–Crippen MR) is 100 cm³/mol. The minimum absolute atomic E-state index is 0.0671. The summed E-state index contributed by atoms with van der Waals surface area (Å²) in [6.45, 7) is 4.18. The van der Waals surface area contributed by atoms with E-state index in [0.29, 0.717) is 24.3 Å². The number of nitrogens with zero attached hydrogens (tertiary/aromatic N) is 2. The third-order valence-electron chi connectivity index (χ3n) is 5.38. The molecule has 1 aromatic rings. The van der Waals surface area contributed by atoms with E-state index in [9.17, 15) is 18.0 Å². The number of carbonyl (C=O) groups excluding carboxylic acids is 2. The summed E-state index contributed by atoms with van der Waals surface area (Å²) in [7, 11) is -1.51. The Balaban J connectivity index is 1.81. The number of sulfone groups is 1. The lowest BCUT2D eigenvalue weighted by atomic mass is 9.92. The van der Waals surface area contributed by atoms with Gasteiger partial charge in [-0.2, -0.15) is 0 Å². The SMILES string of the molecule is CCN(CN1C(=O)N[C@@](C)(c2cccc(OC)c2)C1=O)[C@@H]1CCS(=O)(=O)C1. The topological polar surface area (TPSA) is 96.0 Å². The van der Waals surface area contributed by atoms with Gasteiger partial charge in [-0.3, -0.25) is 9.69 Å². The molecule has 3 rings (SSSR count). The third-order valence-corrected chi connectivity index (χ3v) is 7.13. The van der Waals surface area contributed by atoms with Gasteiger partial charge in [-0.15, -0.1) is 0 Å². The van der Waals surface area contributed by atoms with Crippen molar-refractivity contribution in [2.45, 2.75) is 31.8 Å². The molecule has 0 bridgehead atoms. The molecule has 0 spiro atoms. The minimum atomic E-state index is -3.04. The standard InChI is InChI=1S/C18H25N3O5S/c1-4-20(14-8-9-27(24,25)11-14)12-21-16(22)18(2,19-17(21)23)13-6-5-7-15(10-13)26-3/h5-7,10,14H,4,8-9,11-12H2,1-3H3,(H,19,23)/t14-,18+/m1/s1. The highest BCUT2D eigenvalue weighted by Gasteiger charge is 2.50. The molecule has 0 aromatic heterocycles. The van der Waals surface area contributed by atoms with Gasteiger partial charge in [-0.1, -0.05) is 19.1 Å². The van der Waals surface area contributed by atoms with Crippen molar-refractivity contribution in [1.29, 1.82) is 0 Å². The number of hydrogen-bond donors (Lipinski definition) is 1. The zero-order valence-corrected chi connectivity index (χ0v) is 16.6. The average molecular weight is 395 g/mol. The van der Waals surface area contributed by atoms with Crippen molar-refractivity contribution in [2.24, 2.45) is 0 Å². The lowest BCUT2D eigenvalue weighted by Gasteiger charge is -2.30. The summed E-state index contributed by atoms with van der Waals surface area (Å²) in [4.78, 5) is 28.7. The van der Waals surface area contributed by atoms with E-state index in [1.807, 2.05) is 11.8 Å². The Morgan fingerprint density at radius 2 is 2.11 bits per heavy atom. The van der Waals surface area contributed by atoms with Gasteiger partial charge in [0.05, 0.1) is 25.3 Å². The maximum atomic E-state index is 13.1. The molecule has 0 unspecified atom stereocenters. The van der Waals surface area contributed by atoms with E-state index in [4.69, 9.17) is 4.74 Å². The molecule has 2 atom stereocenters. The fraction of sp³-hybridized carbons (Fsp3) is 0.556. The molecule has 2 aliphatic heterocycles. The van der Waals surface area contributed by atoms with Gasteiger partial charge in [0.2, 0.25) is 0 Å². The van der Waals surface area contributed by atoms with Gasteiger partial charge in [0.25, 0.3) is 5.91 Å². The molecule has 148 valence electrons. The molecular formula is C18H25N3O5S. The van der Waals surface area contributed by atoms with Crippen LogP contribution in [0.15, 0.2) is 24.3 Å². The highest BCUT2D eigenvalue weighted by Crippen LogP contribution is 2.31. The smallest absolute Gasteiger partial charge is 0.326 e. The molecule has 0 radical (unpaired) electrons. The fourth-order valence-electron chi connectivity index (χ4n) is 3.67. The van der Waals surface area contributed by atoms with Gasteiger partial charge in [-0.25, -0.2) is 18.1 Å².